The van der Waals surface area contributed by atoms with E-state index in [0.717, 1.165) is 5.56 Å². The highest BCUT2D eigenvalue weighted by Gasteiger charge is 2.05. The molecule has 0 atom stereocenters. The summed E-state index contributed by atoms with van der Waals surface area (Å²) in [6, 6.07) is 6.31. The average Bonchev–Trinajstić information content (AvgIpc) is 2.38. The quantitative estimate of drug-likeness (QED) is 0.476. The predicted octanol–water partition coefficient (Wildman–Crippen LogP) is 3.64. The van der Waals surface area contributed by atoms with Crippen molar-refractivity contribution in [3.63, 3.8) is 0 Å². The Morgan fingerprint density at radius 3 is 2.95 bits per heavy atom. The van der Waals surface area contributed by atoms with Crippen LogP contribution in [0.5, 0.6) is 0 Å². The lowest BCUT2D eigenvalue weighted by Gasteiger charge is -2.06. The number of nitrogens with zero attached hydrogens (tertiary/aromatic N) is 2. The molecule has 5 heteroatoms. The zero-order valence-corrected chi connectivity index (χ0v) is 10.9. The zero-order valence-electron chi connectivity index (χ0n) is 10.1. The van der Waals surface area contributed by atoms with Gasteiger partial charge in [-0.2, -0.15) is 0 Å². The minimum atomic E-state index is -0.343. The Hall–Kier alpha value is -1.78. The number of hydrogen-bond acceptors (Lipinski definition) is 3. The zero-order chi connectivity index (χ0) is 13.7. The van der Waals surface area contributed by atoms with Crippen LogP contribution in [0.15, 0.2) is 43.1 Å². The topological polar surface area (TPSA) is 35.0 Å². The van der Waals surface area contributed by atoms with Gasteiger partial charge in [0, 0.05) is 11.8 Å². The van der Waals surface area contributed by atoms with Gasteiger partial charge in [0.15, 0.2) is 0 Å². The van der Waals surface area contributed by atoms with Crippen molar-refractivity contribution in [3.05, 3.63) is 59.8 Å². The summed E-state index contributed by atoms with van der Waals surface area (Å²) in [5.74, 6) is -0.343. The maximum Gasteiger partial charge on any atom is 0.222 e. The van der Waals surface area contributed by atoms with Crippen LogP contribution in [0.4, 0.5) is 4.39 Å². The van der Waals surface area contributed by atoms with E-state index in [1.54, 1.807) is 12.1 Å². The Morgan fingerprint density at radius 2 is 2.21 bits per heavy atom. The Morgan fingerprint density at radius 1 is 1.37 bits per heavy atom. The third-order valence-corrected chi connectivity index (χ3v) is 2.57. The molecule has 0 saturated carbocycles. The minimum Gasteiger partial charge on any atom is -0.373 e. The largest absolute Gasteiger partial charge is 0.373 e. The molecule has 2 aromatic rings. The van der Waals surface area contributed by atoms with Gasteiger partial charge in [0.25, 0.3) is 0 Å². The predicted molar refractivity (Wildman–Crippen MR) is 72.3 cm³/mol. The number of halogens is 2. The van der Waals surface area contributed by atoms with E-state index in [4.69, 9.17) is 16.3 Å². The third-order valence-electron chi connectivity index (χ3n) is 2.38. The van der Waals surface area contributed by atoms with E-state index in [1.807, 2.05) is 6.07 Å². The van der Waals surface area contributed by atoms with Crippen LogP contribution in [0, 0.1) is 5.82 Å². The molecule has 0 fully saturated rings. The van der Waals surface area contributed by atoms with Gasteiger partial charge in [0.2, 0.25) is 5.28 Å². The summed E-state index contributed by atoms with van der Waals surface area (Å²) in [5.41, 5.74) is 1.94. The smallest absolute Gasteiger partial charge is 0.222 e. The summed E-state index contributed by atoms with van der Waals surface area (Å²) >= 11 is 5.72. The van der Waals surface area contributed by atoms with E-state index in [0.29, 0.717) is 24.5 Å². The molecular formula is C14H12ClFN2O. The molecule has 0 amide bonds. The number of rotatable bonds is 5. The molecule has 1 aromatic carbocycles. The lowest BCUT2D eigenvalue weighted by molar-refractivity contribution is 0.148. The molecule has 0 radical (unpaired) electrons. The van der Waals surface area contributed by atoms with Crippen LogP contribution >= 0.6 is 11.6 Å². The summed E-state index contributed by atoms with van der Waals surface area (Å²) in [6.45, 7) is 4.29. The van der Waals surface area contributed by atoms with Crippen LogP contribution in [-0.4, -0.2) is 16.6 Å². The van der Waals surface area contributed by atoms with Crippen molar-refractivity contribution in [2.45, 2.75) is 6.61 Å². The highest BCUT2D eigenvalue weighted by atomic mass is 35.5. The third kappa shape index (κ3) is 3.84. The van der Waals surface area contributed by atoms with Crippen molar-refractivity contribution in [3.8, 4) is 11.3 Å². The average molecular weight is 279 g/mol. The maximum absolute atomic E-state index is 13.6. The van der Waals surface area contributed by atoms with Gasteiger partial charge in [-0.25, -0.2) is 14.4 Å². The van der Waals surface area contributed by atoms with Crippen LogP contribution in [0.1, 0.15) is 5.56 Å². The highest BCUT2D eigenvalue weighted by molar-refractivity contribution is 6.28. The second-order valence-electron chi connectivity index (χ2n) is 3.86. The molecule has 0 aliphatic rings. The van der Waals surface area contributed by atoms with Crippen molar-refractivity contribution in [2.75, 3.05) is 6.61 Å². The molecule has 1 heterocycles. The molecular weight excluding hydrogens is 267 g/mol. The number of benzene rings is 1. The van der Waals surface area contributed by atoms with Gasteiger partial charge in [-0.1, -0.05) is 6.08 Å². The fourth-order valence-corrected chi connectivity index (χ4v) is 1.78. The second kappa shape index (κ2) is 6.41. The van der Waals surface area contributed by atoms with Crippen molar-refractivity contribution >= 4 is 11.6 Å². The fraction of sp³-hybridized carbons (Fsp3) is 0.143. The first-order valence-electron chi connectivity index (χ1n) is 5.66. The van der Waals surface area contributed by atoms with Gasteiger partial charge >= 0.3 is 0 Å². The molecule has 1 aromatic heterocycles. The summed E-state index contributed by atoms with van der Waals surface area (Å²) in [6.07, 6.45) is 3.17. The van der Waals surface area contributed by atoms with Crippen molar-refractivity contribution in [1.29, 1.82) is 0 Å². The molecule has 0 saturated heterocycles. The van der Waals surface area contributed by atoms with Crippen LogP contribution in [0.25, 0.3) is 11.3 Å². The van der Waals surface area contributed by atoms with E-state index < -0.39 is 0 Å². The van der Waals surface area contributed by atoms with Gasteiger partial charge in [0.05, 0.1) is 18.9 Å². The molecule has 0 spiro atoms. The van der Waals surface area contributed by atoms with E-state index in [2.05, 4.69) is 16.5 Å². The van der Waals surface area contributed by atoms with E-state index >= 15 is 0 Å². The molecule has 0 unspecified atom stereocenters. The van der Waals surface area contributed by atoms with Crippen molar-refractivity contribution in [1.82, 2.24) is 9.97 Å². The summed E-state index contributed by atoms with van der Waals surface area (Å²) in [7, 11) is 0. The molecule has 0 aliphatic heterocycles. The molecule has 2 rings (SSSR count). The summed E-state index contributed by atoms with van der Waals surface area (Å²) in [4.78, 5) is 7.85. The Kier molecular flexibility index (Phi) is 4.60. The molecule has 0 aliphatic carbocycles. The van der Waals surface area contributed by atoms with E-state index in [9.17, 15) is 4.39 Å². The minimum absolute atomic E-state index is 0.131. The fourth-order valence-electron chi connectivity index (χ4n) is 1.64. The summed E-state index contributed by atoms with van der Waals surface area (Å²) < 4.78 is 18.9. The van der Waals surface area contributed by atoms with Gasteiger partial charge < -0.3 is 4.74 Å². The Labute approximate surface area is 115 Å². The lowest BCUT2D eigenvalue weighted by atomic mass is 10.1. The first kappa shape index (κ1) is 13.6. The molecule has 19 heavy (non-hydrogen) atoms. The number of ether oxygens (including phenoxy) is 1. The first-order valence-corrected chi connectivity index (χ1v) is 6.04. The van der Waals surface area contributed by atoms with Crippen LogP contribution in [-0.2, 0) is 11.3 Å². The van der Waals surface area contributed by atoms with Crippen LogP contribution in [0.3, 0.4) is 0 Å². The van der Waals surface area contributed by atoms with Gasteiger partial charge in [0.1, 0.15) is 5.82 Å². The first-order chi connectivity index (χ1) is 9.19. The van der Waals surface area contributed by atoms with Crippen LogP contribution in [0.2, 0.25) is 5.28 Å². The Balaban J connectivity index is 2.28. The number of aromatic nitrogens is 2. The molecule has 0 N–H and O–H groups in total. The highest BCUT2D eigenvalue weighted by Crippen LogP contribution is 2.21. The normalized spacial score (nSPS) is 10.4. The number of hydrogen-bond donors (Lipinski definition) is 0. The standard InChI is InChI=1S/C14H12ClFN2O/c1-2-5-19-9-10-6-11(8-12(16)7-10)13-3-4-17-14(15)18-13/h2-4,6-8H,1,5,9H2. The van der Waals surface area contributed by atoms with E-state index in [-0.39, 0.29) is 11.1 Å². The van der Waals surface area contributed by atoms with Crippen molar-refractivity contribution < 1.29 is 9.13 Å². The van der Waals surface area contributed by atoms with Crippen molar-refractivity contribution in [2.24, 2.45) is 0 Å². The van der Waals surface area contributed by atoms with Gasteiger partial charge in [-0.15, -0.1) is 6.58 Å². The van der Waals surface area contributed by atoms with Gasteiger partial charge in [-0.05, 0) is 41.4 Å². The molecule has 3 nitrogen and oxygen atoms in total. The SMILES string of the molecule is C=CCOCc1cc(F)cc(-c2ccnc(Cl)n2)c1. The monoisotopic (exact) mass is 278 g/mol. The Bertz CT molecular complexity index is 589. The maximum atomic E-state index is 13.6. The lowest BCUT2D eigenvalue weighted by Crippen LogP contribution is -1.95. The van der Waals surface area contributed by atoms with Gasteiger partial charge in [-0.3, -0.25) is 0 Å². The van der Waals surface area contributed by atoms with Crippen LogP contribution < -0.4 is 0 Å². The second-order valence-corrected chi connectivity index (χ2v) is 4.20. The molecule has 98 valence electrons. The van der Waals surface area contributed by atoms with E-state index in [1.165, 1.54) is 18.3 Å². The summed E-state index contributed by atoms with van der Waals surface area (Å²) in [5, 5.41) is 0.131. The molecule has 0 bridgehead atoms.